The summed E-state index contributed by atoms with van der Waals surface area (Å²) < 4.78 is 4.65. The molecule has 4 atom stereocenters. The minimum absolute atomic E-state index is 0.0143. The summed E-state index contributed by atoms with van der Waals surface area (Å²) in [5.74, 6) is 2.73. The average Bonchev–Trinajstić information content (AvgIpc) is 4.32. The molecule has 7 aliphatic rings. The number of hydrogen-bond acceptors (Lipinski definition) is 16. The second-order valence-corrected chi connectivity index (χ2v) is 23.0. The number of rotatable bonds is 13. The fourth-order valence-electron chi connectivity index (χ4n) is 9.97. The van der Waals surface area contributed by atoms with E-state index in [1.54, 1.807) is 37.5 Å². The van der Waals surface area contributed by atoms with Crippen LogP contribution in [-0.2, 0) is 34.1 Å². The van der Waals surface area contributed by atoms with Crippen LogP contribution < -0.4 is 49.9 Å². The van der Waals surface area contributed by atoms with Crippen LogP contribution in [0.4, 0.5) is 9.59 Å². The number of hydrogen-bond donors (Lipinski definition) is 9. The highest BCUT2D eigenvalue weighted by Crippen LogP contribution is 2.20. The van der Waals surface area contributed by atoms with Gasteiger partial charge < -0.3 is 84.1 Å². The highest BCUT2D eigenvalue weighted by molar-refractivity contribution is 5.78. The largest absolute Gasteiger partial charge is 0.448 e. The lowest BCUT2D eigenvalue weighted by Gasteiger charge is -2.31. The molecule has 8 rings (SSSR count). The van der Waals surface area contributed by atoms with E-state index in [9.17, 15) is 33.6 Å². The van der Waals surface area contributed by atoms with E-state index in [2.05, 4.69) is 70.8 Å². The van der Waals surface area contributed by atoms with E-state index < -0.39 is 0 Å². The van der Waals surface area contributed by atoms with E-state index in [1.807, 2.05) is 32.7 Å². The zero-order valence-corrected chi connectivity index (χ0v) is 52.7. The Morgan fingerprint density at radius 1 is 0.711 bits per heavy atom. The highest BCUT2D eigenvalue weighted by Gasteiger charge is 2.25. The zero-order chi connectivity index (χ0) is 62.2. The topological polar surface area (TPSA) is 339 Å². The van der Waals surface area contributed by atoms with Crippen molar-refractivity contribution in [3.63, 3.8) is 0 Å². The van der Waals surface area contributed by atoms with Gasteiger partial charge in [-0.25, -0.2) is 9.59 Å². The number of ether oxygens (including phenoxy) is 1. The normalized spacial score (nSPS) is 20.8. The van der Waals surface area contributed by atoms with Crippen LogP contribution in [0, 0.1) is 24.7 Å². The Morgan fingerprint density at radius 3 is 1.76 bits per heavy atom. The maximum atomic E-state index is 11.2. The van der Waals surface area contributed by atoms with Crippen LogP contribution in [0.5, 0.6) is 0 Å². The summed E-state index contributed by atoms with van der Waals surface area (Å²) >= 11 is 0. The van der Waals surface area contributed by atoms with Gasteiger partial charge in [-0.2, -0.15) is 0 Å². The molecule has 0 radical (unpaired) electrons. The number of amides is 8. The molecule has 1 aromatic rings. The number of nitrogens with zero attached hydrogens (tertiary/aromatic N) is 7. The Morgan fingerprint density at radius 2 is 1.33 bits per heavy atom. The van der Waals surface area contributed by atoms with Crippen LogP contribution in [0.3, 0.4) is 0 Å². The van der Waals surface area contributed by atoms with Crippen LogP contribution in [0.1, 0.15) is 131 Å². The molecule has 478 valence electrons. The summed E-state index contributed by atoms with van der Waals surface area (Å²) in [6.45, 7) is 35.4. The van der Waals surface area contributed by atoms with Crippen molar-refractivity contribution in [2.45, 2.75) is 138 Å². The maximum absolute atomic E-state index is 11.2. The van der Waals surface area contributed by atoms with Crippen LogP contribution in [-0.4, -0.2) is 233 Å². The quantitative estimate of drug-likeness (QED) is 0.136. The van der Waals surface area contributed by atoms with Gasteiger partial charge in [-0.1, -0.05) is 26.8 Å². The first-order valence-corrected chi connectivity index (χ1v) is 30.6. The zero-order valence-electron chi connectivity index (χ0n) is 52.7. The van der Waals surface area contributed by atoms with Crippen molar-refractivity contribution in [2.75, 3.05) is 151 Å². The Bertz CT molecular complexity index is 1900. The molecule has 14 N–H and O–H groups in total. The minimum Gasteiger partial charge on any atom is -0.448 e. The highest BCUT2D eigenvalue weighted by atomic mass is 16.6. The van der Waals surface area contributed by atoms with Gasteiger partial charge in [0.1, 0.15) is 6.61 Å². The number of nitrogens with two attached hydrogens (primary N) is 5. The Hall–Kier alpha value is -5.24. The molecule has 83 heavy (non-hydrogen) atoms. The molecule has 7 fully saturated rings. The molecule has 8 heterocycles. The lowest BCUT2D eigenvalue weighted by atomic mass is 9.91. The number of nitrogens with one attached hydrogen (secondary N) is 4. The van der Waals surface area contributed by atoms with E-state index in [0.717, 1.165) is 129 Å². The summed E-state index contributed by atoms with van der Waals surface area (Å²) in [6.07, 6.45) is 12.9. The van der Waals surface area contributed by atoms with Gasteiger partial charge in [0.2, 0.25) is 29.5 Å². The summed E-state index contributed by atoms with van der Waals surface area (Å²) in [4.78, 5) is 90.9. The number of aromatic nitrogens is 1. The molecule has 0 saturated carbocycles. The van der Waals surface area contributed by atoms with E-state index >= 15 is 0 Å². The smallest absolute Gasteiger partial charge is 0.409 e. The lowest BCUT2D eigenvalue weighted by Crippen LogP contribution is -2.40. The average molecular weight is 1180 g/mol. The molecule has 7 aliphatic heterocycles. The Labute approximate surface area is 498 Å². The first kappa shape index (κ1) is 75.8. The van der Waals surface area contributed by atoms with Crippen molar-refractivity contribution in [2.24, 2.45) is 46.4 Å². The second kappa shape index (κ2) is 44.3. The molecule has 1 aromatic heterocycles. The molecule has 0 aliphatic carbocycles. The number of carbonyl (C=O) groups excluding carboxylic acids is 7. The third-order valence-electron chi connectivity index (χ3n) is 14.9. The number of piperidine rings is 3. The number of pyridine rings is 1. The van der Waals surface area contributed by atoms with E-state index in [0.29, 0.717) is 82.8 Å². The van der Waals surface area contributed by atoms with Gasteiger partial charge in [0.05, 0.1) is 6.54 Å². The van der Waals surface area contributed by atoms with Crippen molar-refractivity contribution in [3.8, 4) is 0 Å². The van der Waals surface area contributed by atoms with Crippen molar-refractivity contribution in [1.82, 2.24) is 55.7 Å². The summed E-state index contributed by atoms with van der Waals surface area (Å²) in [5.41, 5.74) is 29.3. The molecule has 24 heteroatoms. The van der Waals surface area contributed by atoms with Gasteiger partial charge in [0.15, 0.2) is 0 Å². The van der Waals surface area contributed by atoms with Crippen molar-refractivity contribution in [1.29, 1.82) is 0 Å². The van der Waals surface area contributed by atoms with Crippen LogP contribution in [0.15, 0.2) is 18.3 Å². The molecular formula is C59H114N16O8. The Kier molecular flexibility index (Phi) is 40.4. The summed E-state index contributed by atoms with van der Waals surface area (Å²) in [7, 11) is 0. The predicted molar refractivity (Wildman–Crippen MR) is 330 cm³/mol. The number of carbonyl (C=O) groups is 7. The molecule has 0 aromatic carbocycles. The van der Waals surface area contributed by atoms with E-state index in [4.69, 9.17) is 28.7 Å². The van der Waals surface area contributed by atoms with Gasteiger partial charge in [-0.3, -0.25) is 29.0 Å². The molecule has 8 amide bonds. The third kappa shape index (κ3) is 33.7. The number of likely N-dealkylation sites (tertiary alicyclic amines) is 3. The fraction of sp³-hybridized carbons (Fsp3) is 0.797. The van der Waals surface area contributed by atoms with Gasteiger partial charge in [0.25, 0.3) is 0 Å². The minimum atomic E-state index is -0.236. The second-order valence-electron chi connectivity index (χ2n) is 23.0. The number of urea groups is 1. The maximum Gasteiger partial charge on any atom is 0.409 e. The van der Waals surface area contributed by atoms with Gasteiger partial charge in [0, 0.05) is 162 Å². The number of cyclic esters (lactones) is 1. The van der Waals surface area contributed by atoms with Gasteiger partial charge in [-0.05, 0) is 134 Å². The van der Waals surface area contributed by atoms with Gasteiger partial charge >= 0.3 is 12.1 Å². The first-order valence-electron chi connectivity index (χ1n) is 30.6. The predicted octanol–water partition coefficient (Wildman–Crippen LogP) is 1.76. The van der Waals surface area contributed by atoms with E-state index in [1.165, 1.54) is 37.7 Å². The van der Waals surface area contributed by atoms with Crippen LogP contribution in [0.25, 0.3) is 0 Å². The van der Waals surface area contributed by atoms with Crippen LogP contribution in [0.2, 0.25) is 0 Å². The molecule has 7 saturated heterocycles. The standard InChI is InChI=1S/C10H20N2O.C10H15N.2C8H16N2O.C7H14N2O.C6H12N2O.C5H11N3O.C5H10N2O2/c1-3-12(9(2)13)8-10-5-4-6-11-7-10;1-8-5-6-9(11-7-8)10(2,3)4;1-7(11)10-4-2-3-8(5-9)6-10;1-7(11)10-6-8-3-2-4-9-5-8;1-6(10)9-4-2-3-7(9)5-8;7-3-5-8-4-1-2-6(8)9;6-1-3-8-4-2-7-5(8)9;6-1-2-7-3-4-9-5(7)8/h10-11H,3-8H2,1-2H3;5-7H,1-4H3;8H,2-6,9H2,1H3;8-9H,2-6H2,1H3,(H,10,11);7H,2-5,8H2,1H3;1-5,7H2;1-4,6H2,(H,7,9);1-4,6H2. The Balaban J connectivity index is 0.000000476. The molecule has 0 bridgehead atoms. The monoisotopic (exact) mass is 1170 g/mol. The fourth-order valence-corrected chi connectivity index (χ4v) is 9.97. The van der Waals surface area contributed by atoms with Gasteiger partial charge in [-0.15, -0.1) is 0 Å². The van der Waals surface area contributed by atoms with E-state index in [-0.39, 0.29) is 47.1 Å². The molecule has 4 unspecified atom stereocenters. The van der Waals surface area contributed by atoms with Crippen molar-refractivity contribution in [3.05, 3.63) is 29.6 Å². The number of aryl methyl sites for hydroxylation is 1. The summed E-state index contributed by atoms with van der Waals surface area (Å²) in [5, 5.41) is 12.2. The van der Waals surface area contributed by atoms with Crippen molar-refractivity contribution >= 4 is 41.7 Å². The summed E-state index contributed by atoms with van der Waals surface area (Å²) in [6, 6.07) is 4.53. The molecular weight excluding hydrogens is 1060 g/mol. The molecule has 0 spiro atoms. The molecule has 24 nitrogen and oxygen atoms in total. The SMILES string of the molecule is CC(=O)N1CCCC(CN)C1.CC(=O)N1CCCC1CN.CC(=O)NCC1CCCNC1.CCN(CC1CCCNC1)C(C)=O.Cc1ccc(C(C)(C)C)nc1.NCCN1CCCC1=O.NCCN1CCNC1=O.NCCN1CCOC1=O. The van der Waals surface area contributed by atoms with Crippen molar-refractivity contribution < 1.29 is 38.3 Å². The third-order valence-corrected chi connectivity index (χ3v) is 14.9. The lowest BCUT2D eigenvalue weighted by molar-refractivity contribution is -0.131. The first-order chi connectivity index (χ1) is 39.5. The van der Waals surface area contributed by atoms with Crippen LogP contribution >= 0.6 is 0 Å².